The molecule has 0 aromatic heterocycles. The van der Waals surface area contributed by atoms with Gasteiger partial charge in [0.15, 0.2) is 0 Å². The topological polar surface area (TPSA) is 41.7 Å². The van der Waals surface area contributed by atoms with Crippen molar-refractivity contribution in [1.82, 2.24) is 9.80 Å². The van der Waals surface area contributed by atoms with Gasteiger partial charge < -0.3 is 10.5 Å². The Kier molecular flexibility index (Phi) is 4.10. The minimum Gasteiger partial charge on any atom is -0.377 e. The second-order valence-corrected chi connectivity index (χ2v) is 7.28. The first-order valence-corrected chi connectivity index (χ1v) is 8.38. The second kappa shape index (κ2) is 5.56. The average molecular weight is 281 g/mol. The number of piperidine rings is 2. The summed E-state index contributed by atoms with van der Waals surface area (Å²) in [4.78, 5) is 5.39. The molecule has 3 aliphatic rings. The summed E-state index contributed by atoms with van der Waals surface area (Å²) in [6.07, 6.45) is 7.73. The first-order chi connectivity index (χ1) is 9.63. The van der Waals surface area contributed by atoms with E-state index in [1.807, 2.05) is 7.11 Å². The molecule has 4 heteroatoms. The van der Waals surface area contributed by atoms with Crippen LogP contribution in [0, 0.1) is 0 Å². The highest BCUT2D eigenvalue weighted by molar-refractivity contribution is 5.10. The van der Waals surface area contributed by atoms with Gasteiger partial charge in [0.25, 0.3) is 0 Å². The van der Waals surface area contributed by atoms with Gasteiger partial charge in [0.05, 0.1) is 5.60 Å². The fraction of sp³-hybridized carbons (Fsp3) is 1.00. The van der Waals surface area contributed by atoms with Crippen LogP contribution in [0.4, 0.5) is 0 Å². The van der Waals surface area contributed by atoms with Crippen LogP contribution in [-0.4, -0.2) is 66.8 Å². The van der Waals surface area contributed by atoms with E-state index in [9.17, 15) is 0 Å². The van der Waals surface area contributed by atoms with Crippen molar-refractivity contribution in [2.45, 2.75) is 62.6 Å². The highest BCUT2D eigenvalue weighted by Gasteiger charge is 2.52. The van der Waals surface area contributed by atoms with Crippen molar-refractivity contribution in [3.8, 4) is 0 Å². The molecule has 3 saturated heterocycles. The highest BCUT2D eigenvalue weighted by Crippen LogP contribution is 2.41. The molecule has 116 valence electrons. The predicted octanol–water partition coefficient (Wildman–Crippen LogP) is 1.44. The maximum absolute atomic E-state index is 6.33. The molecule has 3 unspecified atom stereocenters. The van der Waals surface area contributed by atoms with E-state index in [2.05, 4.69) is 16.7 Å². The van der Waals surface area contributed by atoms with Crippen molar-refractivity contribution in [3.05, 3.63) is 0 Å². The molecule has 0 aromatic carbocycles. The van der Waals surface area contributed by atoms with Crippen LogP contribution in [0.5, 0.6) is 0 Å². The predicted molar refractivity (Wildman–Crippen MR) is 81.8 cm³/mol. The van der Waals surface area contributed by atoms with Crippen LogP contribution in [0.1, 0.15) is 45.4 Å². The summed E-state index contributed by atoms with van der Waals surface area (Å²) in [6, 6.07) is 0.681. The zero-order valence-electron chi connectivity index (χ0n) is 13.2. The minimum atomic E-state index is 0.0164. The molecule has 3 heterocycles. The molecule has 0 saturated carbocycles. The van der Waals surface area contributed by atoms with Gasteiger partial charge >= 0.3 is 0 Å². The molecule has 3 rings (SSSR count). The van der Waals surface area contributed by atoms with Crippen LogP contribution >= 0.6 is 0 Å². The quantitative estimate of drug-likeness (QED) is 0.850. The summed E-state index contributed by atoms with van der Waals surface area (Å²) in [6.45, 7) is 7.82. The largest absolute Gasteiger partial charge is 0.377 e. The number of likely N-dealkylation sites (tertiary alicyclic amines) is 1. The van der Waals surface area contributed by atoms with Gasteiger partial charge in [-0.3, -0.25) is 9.80 Å². The van der Waals surface area contributed by atoms with E-state index in [1.165, 1.54) is 58.2 Å². The summed E-state index contributed by atoms with van der Waals surface area (Å²) in [7, 11) is 1.86. The zero-order valence-corrected chi connectivity index (χ0v) is 13.2. The van der Waals surface area contributed by atoms with Crippen molar-refractivity contribution < 1.29 is 4.74 Å². The van der Waals surface area contributed by atoms with Gasteiger partial charge in [-0.25, -0.2) is 0 Å². The molecule has 3 atom stereocenters. The molecule has 20 heavy (non-hydrogen) atoms. The summed E-state index contributed by atoms with van der Waals surface area (Å²) in [5.74, 6) is 0. The molecule has 0 aliphatic carbocycles. The molecule has 0 bridgehead atoms. The Bertz CT molecular complexity index is 351. The van der Waals surface area contributed by atoms with Crippen LogP contribution in [0.25, 0.3) is 0 Å². The molecule has 2 N–H and O–H groups in total. The number of nitrogens with two attached hydrogens (primary N) is 1. The molecule has 3 fully saturated rings. The summed E-state index contributed by atoms with van der Waals surface area (Å²) < 4.78 is 5.80. The Morgan fingerprint density at radius 3 is 2.75 bits per heavy atom. The fourth-order valence-electron chi connectivity index (χ4n) is 4.86. The van der Waals surface area contributed by atoms with Crippen molar-refractivity contribution in [1.29, 1.82) is 0 Å². The third-order valence-corrected chi connectivity index (χ3v) is 6.20. The smallest absolute Gasteiger partial charge is 0.0777 e. The molecule has 3 aliphatic heterocycles. The summed E-state index contributed by atoms with van der Waals surface area (Å²) in [5, 5.41) is 0. The van der Waals surface area contributed by atoms with Gasteiger partial charge in [0.2, 0.25) is 0 Å². The van der Waals surface area contributed by atoms with Crippen molar-refractivity contribution in [2.75, 3.05) is 39.8 Å². The SMILES string of the molecule is COC1(C)CCCN(C2(CN)CCN3CCCCC32)C1. The van der Waals surface area contributed by atoms with Crippen molar-refractivity contribution >= 4 is 0 Å². The fourth-order valence-corrected chi connectivity index (χ4v) is 4.86. The molecule has 0 spiro atoms. The van der Waals surface area contributed by atoms with Crippen LogP contribution in [-0.2, 0) is 4.74 Å². The Balaban J connectivity index is 1.81. The zero-order chi connectivity index (χ0) is 14.2. The lowest BCUT2D eigenvalue weighted by molar-refractivity contribution is -0.0883. The third-order valence-electron chi connectivity index (χ3n) is 6.20. The van der Waals surface area contributed by atoms with E-state index in [1.54, 1.807) is 0 Å². The van der Waals surface area contributed by atoms with Gasteiger partial charge in [-0.05, 0) is 52.1 Å². The van der Waals surface area contributed by atoms with Gasteiger partial charge in [-0.15, -0.1) is 0 Å². The molecule has 0 aromatic rings. The van der Waals surface area contributed by atoms with Crippen molar-refractivity contribution in [3.63, 3.8) is 0 Å². The van der Waals surface area contributed by atoms with Gasteiger partial charge in [0.1, 0.15) is 0 Å². The van der Waals surface area contributed by atoms with E-state index in [-0.39, 0.29) is 11.1 Å². The number of ether oxygens (including phenoxy) is 1. The minimum absolute atomic E-state index is 0.0164. The van der Waals surface area contributed by atoms with Gasteiger partial charge in [0, 0.05) is 38.3 Å². The molecular formula is C16H31N3O. The number of hydrogen-bond acceptors (Lipinski definition) is 4. The highest BCUT2D eigenvalue weighted by atomic mass is 16.5. The number of hydrogen-bond donors (Lipinski definition) is 1. The number of nitrogens with zero attached hydrogens (tertiary/aromatic N) is 2. The first-order valence-electron chi connectivity index (χ1n) is 8.38. The summed E-state index contributed by atoms with van der Waals surface area (Å²) >= 11 is 0. The molecule has 0 radical (unpaired) electrons. The van der Waals surface area contributed by atoms with Crippen molar-refractivity contribution in [2.24, 2.45) is 5.73 Å². The first kappa shape index (κ1) is 14.8. The maximum atomic E-state index is 6.33. The Labute approximate surface area is 123 Å². The lowest BCUT2D eigenvalue weighted by atomic mass is 9.80. The standard InChI is InChI=1S/C16H31N3O/c1-15(20-2)7-5-10-19(13-15)16(12-17)8-11-18-9-4-3-6-14(16)18/h14H,3-13,17H2,1-2H3. The average Bonchev–Trinajstić information content (AvgIpc) is 2.87. The van der Waals surface area contributed by atoms with E-state index in [0.717, 1.165) is 13.1 Å². The normalized spacial score (nSPS) is 43.6. The van der Waals surface area contributed by atoms with E-state index >= 15 is 0 Å². The lowest BCUT2D eigenvalue weighted by Gasteiger charge is -2.52. The monoisotopic (exact) mass is 281 g/mol. The number of fused-ring (bicyclic) bond motifs is 1. The van der Waals surface area contributed by atoms with E-state index in [4.69, 9.17) is 10.5 Å². The third kappa shape index (κ3) is 2.31. The van der Waals surface area contributed by atoms with Crippen LogP contribution in [0.15, 0.2) is 0 Å². The maximum Gasteiger partial charge on any atom is 0.0777 e. The van der Waals surface area contributed by atoms with Gasteiger partial charge in [-0.2, -0.15) is 0 Å². The van der Waals surface area contributed by atoms with Gasteiger partial charge in [-0.1, -0.05) is 6.42 Å². The lowest BCUT2D eigenvalue weighted by Crippen LogP contribution is -2.66. The molecular weight excluding hydrogens is 250 g/mol. The number of rotatable bonds is 3. The Morgan fingerprint density at radius 2 is 2.00 bits per heavy atom. The molecule has 0 amide bonds. The van der Waals surface area contributed by atoms with Crippen LogP contribution in [0.3, 0.4) is 0 Å². The Hall–Kier alpha value is -0.160. The Morgan fingerprint density at radius 1 is 1.15 bits per heavy atom. The number of methoxy groups -OCH3 is 1. The van der Waals surface area contributed by atoms with Crippen LogP contribution in [0.2, 0.25) is 0 Å². The van der Waals surface area contributed by atoms with Crippen LogP contribution < -0.4 is 5.73 Å². The van der Waals surface area contributed by atoms with E-state index in [0.29, 0.717) is 6.04 Å². The molecule has 4 nitrogen and oxygen atoms in total. The second-order valence-electron chi connectivity index (χ2n) is 7.28. The van der Waals surface area contributed by atoms with E-state index < -0.39 is 0 Å². The summed E-state index contributed by atoms with van der Waals surface area (Å²) in [5.41, 5.74) is 6.55.